The highest BCUT2D eigenvalue weighted by atomic mass is 16.5. The number of para-hydroxylation sites is 1. The highest BCUT2D eigenvalue weighted by Crippen LogP contribution is 2.22. The number of aliphatic imine (C=N–C) groups is 1. The average molecular weight is 277 g/mol. The van der Waals surface area contributed by atoms with E-state index >= 15 is 0 Å². The monoisotopic (exact) mass is 277 g/mol. The predicted octanol–water partition coefficient (Wildman–Crippen LogP) is 1.54. The van der Waals surface area contributed by atoms with E-state index in [0.717, 1.165) is 11.1 Å². The van der Waals surface area contributed by atoms with E-state index in [2.05, 4.69) is 15.8 Å². The molecule has 0 aromatic heterocycles. The lowest BCUT2D eigenvalue weighted by Gasteiger charge is -2.11. The molecule has 1 rings (SSSR count). The van der Waals surface area contributed by atoms with Crippen molar-refractivity contribution in [1.82, 2.24) is 10.9 Å². The van der Waals surface area contributed by atoms with Gasteiger partial charge < -0.3 is 4.74 Å². The fourth-order valence-electron chi connectivity index (χ4n) is 1.57. The molecule has 0 spiro atoms. The quantitative estimate of drug-likeness (QED) is 0.372. The van der Waals surface area contributed by atoms with Crippen LogP contribution in [0.3, 0.4) is 0 Å². The molecule has 0 aliphatic rings. The molecule has 0 heterocycles. The number of esters is 1. The van der Waals surface area contributed by atoms with Crippen LogP contribution in [0.4, 0.5) is 5.69 Å². The lowest BCUT2D eigenvalue weighted by molar-refractivity contribution is -0.135. The van der Waals surface area contributed by atoms with Crippen LogP contribution in [0, 0.1) is 13.8 Å². The molecule has 0 unspecified atom stereocenters. The molecule has 108 valence electrons. The number of ether oxygens (including phenoxy) is 1. The number of benzene rings is 1. The normalized spacial score (nSPS) is 10.9. The van der Waals surface area contributed by atoms with Crippen molar-refractivity contribution in [2.75, 3.05) is 6.61 Å². The number of aryl methyl sites for hydroxylation is 2. The summed E-state index contributed by atoms with van der Waals surface area (Å²) in [5.41, 5.74) is 7.34. The third-order valence-electron chi connectivity index (χ3n) is 2.49. The van der Waals surface area contributed by atoms with E-state index in [1.807, 2.05) is 32.0 Å². The van der Waals surface area contributed by atoms with E-state index in [1.165, 1.54) is 6.92 Å². The first-order chi connectivity index (χ1) is 9.45. The number of hydrogen-bond donors (Lipinski definition) is 2. The molecule has 0 bridgehead atoms. The topological polar surface area (TPSA) is 79.8 Å². The third kappa shape index (κ3) is 4.38. The second-order valence-electron chi connectivity index (χ2n) is 4.23. The van der Waals surface area contributed by atoms with Gasteiger partial charge in [-0.05, 0) is 31.9 Å². The van der Waals surface area contributed by atoms with Crippen LogP contribution in [-0.2, 0) is 14.3 Å². The van der Waals surface area contributed by atoms with Crippen molar-refractivity contribution >= 4 is 23.4 Å². The zero-order valence-electron chi connectivity index (χ0n) is 12.1. The Labute approximate surface area is 118 Å². The summed E-state index contributed by atoms with van der Waals surface area (Å²) >= 11 is 0. The summed E-state index contributed by atoms with van der Waals surface area (Å²) in [7, 11) is 0. The van der Waals surface area contributed by atoms with Crippen LogP contribution in [0.2, 0.25) is 0 Å². The number of amides is 1. The minimum absolute atomic E-state index is 0.0561. The molecule has 1 amide bonds. The van der Waals surface area contributed by atoms with Crippen molar-refractivity contribution in [3.63, 3.8) is 0 Å². The summed E-state index contributed by atoms with van der Waals surface area (Å²) in [5, 5.41) is 0. The van der Waals surface area contributed by atoms with Crippen LogP contribution < -0.4 is 10.9 Å². The molecule has 20 heavy (non-hydrogen) atoms. The summed E-state index contributed by atoms with van der Waals surface area (Å²) in [4.78, 5) is 27.0. The summed E-state index contributed by atoms with van der Waals surface area (Å²) < 4.78 is 4.90. The molecule has 0 fully saturated rings. The molecule has 1 aromatic carbocycles. The maximum atomic E-state index is 11.8. The zero-order valence-corrected chi connectivity index (χ0v) is 12.1. The minimum atomic E-state index is -0.621. The molecule has 0 radical (unpaired) electrons. The van der Waals surface area contributed by atoms with Gasteiger partial charge in [-0.2, -0.15) is 0 Å². The highest BCUT2D eigenvalue weighted by Gasteiger charge is 2.14. The Morgan fingerprint density at radius 1 is 1.20 bits per heavy atom. The minimum Gasteiger partial charge on any atom is -0.460 e. The van der Waals surface area contributed by atoms with Gasteiger partial charge in [0.2, 0.25) is 11.7 Å². The first-order valence-corrected chi connectivity index (χ1v) is 6.30. The van der Waals surface area contributed by atoms with Gasteiger partial charge in [0.25, 0.3) is 0 Å². The number of rotatable bonds is 2. The SMILES string of the molecule is CCOC(=O)C(=Nc1c(C)cccc1C)NNC(C)=O. The van der Waals surface area contributed by atoms with E-state index < -0.39 is 5.97 Å². The number of hydrazine groups is 1. The number of carbonyl (C=O) groups excluding carboxylic acids is 2. The van der Waals surface area contributed by atoms with Gasteiger partial charge in [-0.3, -0.25) is 15.6 Å². The van der Waals surface area contributed by atoms with E-state index in [1.54, 1.807) is 6.92 Å². The second-order valence-corrected chi connectivity index (χ2v) is 4.23. The Kier molecular flexibility index (Phi) is 5.71. The Balaban J connectivity index is 3.11. The Bertz CT molecular complexity index is 518. The fraction of sp³-hybridized carbons (Fsp3) is 0.357. The number of amidine groups is 1. The molecule has 0 aliphatic heterocycles. The van der Waals surface area contributed by atoms with Crippen molar-refractivity contribution in [3.05, 3.63) is 29.3 Å². The predicted molar refractivity (Wildman–Crippen MR) is 76.6 cm³/mol. The summed E-state index contributed by atoms with van der Waals surface area (Å²) in [6, 6.07) is 5.70. The smallest absolute Gasteiger partial charge is 0.375 e. The van der Waals surface area contributed by atoms with Gasteiger partial charge in [0.05, 0.1) is 12.3 Å². The van der Waals surface area contributed by atoms with Crippen molar-refractivity contribution in [2.45, 2.75) is 27.7 Å². The molecule has 1 aromatic rings. The van der Waals surface area contributed by atoms with Crippen LogP contribution in [0.1, 0.15) is 25.0 Å². The number of nitrogens with one attached hydrogen (secondary N) is 2. The van der Waals surface area contributed by atoms with Crippen LogP contribution in [-0.4, -0.2) is 24.3 Å². The lowest BCUT2D eigenvalue weighted by Crippen LogP contribution is -2.44. The molecule has 0 aliphatic carbocycles. The number of nitrogens with zero attached hydrogens (tertiary/aromatic N) is 1. The third-order valence-corrected chi connectivity index (χ3v) is 2.49. The van der Waals surface area contributed by atoms with Crippen LogP contribution in [0.5, 0.6) is 0 Å². The van der Waals surface area contributed by atoms with Crippen molar-refractivity contribution in [3.8, 4) is 0 Å². The van der Waals surface area contributed by atoms with Gasteiger partial charge >= 0.3 is 5.97 Å². The van der Waals surface area contributed by atoms with Crippen molar-refractivity contribution in [1.29, 1.82) is 0 Å². The molecule has 0 atom stereocenters. The average Bonchev–Trinajstić information content (AvgIpc) is 2.37. The van der Waals surface area contributed by atoms with Gasteiger partial charge in [0.15, 0.2) is 0 Å². The Morgan fingerprint density at radius 2 is 1.80 bits per heavy atom. The van der Waals surface area contributed by atoms with Crippen LogP contribution >= 0.6 is 0 Å². The summed E-state index contributed by atoms with van der Waals surface area (Å²) in [6.07, 6.45) is 0. The first kappa shape index (κ1) is 15.7. The van der Waals surface area contributed by atoms with Gasteiger partial charge in [0, 0.05) is 6.92 Å². The fourth-order valence-corrected chi connectivity index (χ4v) is 1.57. The second kappa shape index (κ2) is 7.28. The molecule has 6 heteroatoms. The van der Waals surface area contributed by atoms with Crippen molar-refractivity contribution in [2.24, 2.45) is 4.99 Å². The maximum Gasteiger partial charge on any atom is 0.375 e. The van der Waals surface area contributed by atoms with Gasteiger partial charge in [-0.15, -0.1) is 0 Å². The van der Waals surface area contributed by atoms with Crippen LogP contribution in [0.25, 0.3) is 0 Å². The van der Waals surface area contributed by atoms with E-state index in [9.17, 15) is 9.59 Å². The summed E-state index contributed by atoms with van der Waals surface area (Å²) in [5.74, 6) is -1.01. The molecule has 0 saturated carbocycles. The zero-order chi connectivity index (χ0) is 15.1. The van der Waals surface area contributed by atoms with Gasteiger partial charge in [-0.1, -0.05) is 18.2 Å². The first-order valence-electron chi connectivity index (χ1n) is 6.30. The molecule has 0 saturated heterocycles. The largest absolute Gasteiger partial charge is 0.460 e. The van der Waals surface area contributed by atoms with E-state index in [-0.39, 0.29) is 18.3 Å². The Morgan fingerprint density at radius 3 is 2.30 bits per heavy atom. The lowest BCUT2D eigenvalue weighted by atomic mass is 10.1. The molecular weight excluding hydrogens is 258 g/mol. The van der Waals surface area contributed by atoms with Gasteiger partial charge in [0.1, 0.15) is 0 Å². The summed E-state index contributed by atoms with van der Waals surface area (Å²) in [6.45, 7) is 7.05. The number of hydrogen-bond acceptors (Lipinski definition) is 4. The van der Waals surface area contributed by atoms with Crippen LogP contribution in [0.15, 0.2) is 23.2 Å². The van der Waals surface area contributed by atoms with E-state index in [4.69, 9.17) is 4.74 Å². The molecular formula is C14H19N3O3. The highest BCUT2D eigenvalue weighted by molar-refractivity contribution is 6.36. The number of carbonyl (C=O) groups is 2. The standard InChI is InChI=1S/C14H19N3O3/c1-5-20-14(19)13(17-16-11(4)18)15-12-9(2)7-6-8-10(12)3/h6-8H,5H2,1-4H3,(H,15,17)(H,16,18). The van der Waals surface area contributed by atoms with Gasteiger partial charge in [-0.25, -0.2) is 9.79 Å². The maximum absolute atomic E-state index is 11.8. The van der Waals surface area contributed by atoms with Crippen molar-refractivity contribution < 1.29 is 14.3 Å². The molecule has 6 nitrogen and oxygen atoms in total. The van der Waals surface area contributed by atoms with E-state index in [0.29, 0.717) is 5.69 Å². The molecule has 2 N–H and O–H groups in total. The Hall–Kier alpha value is -2.37.